The fourth-order valence-corrected chi connectivity index (χ4v) is 4.37. The molecule has 1 aliphatic rings. The van der Waals surface area contributed by atoms with Gasteiger partial charge in [0, 0.05) is 22.3 Å². The zero-order valence-corrected chi connectivity index (χ0v) is 20.9. The van der Waals surface area contributed by atoms with E-state index in [2.05, 4.69) is 4.98 Å². The molecular formula is C26H22Cl2FN3O4. The number of aromatic nitrogens is 1. The van der Waals surface area contributed by atoms with Gasteiger partial charge in [0.15, 0.2) is 11.5 Å². The van der Waals surface area contributed by atoms with Crippen molar-refractivity contribution in [3.8, 4) is 0 Å². The molecule has 0 saturated carbocycles. The number of halogens is 3. The number of pyridine rings is 1. The summed E-state index contributed by atoms with van der Waals surface area (Å²) in [6.45, 7) is 2.54. The van der Waals surface area contributed by atoms with E-state index in [9.17, 15) is 14.4 Å². The van der Waals surface area contributed by atoms with E-state index in [0.717, 1.165) is 6.07 Å². The number of Topliss-reactive ketones (excluding diaryl/α,β-unsaturated/α-hetero) is 1. The molecule has 3 aromatic rings. The second-order valence-electron chi connectivity index (χ2n) is 8.56. The molecule has 10 heteroatoms. The normalized spacial score (nSPS) is 17.7. The van der Waals surface area contributed by atoms with Gasteiger partial charge >= 0.3 is 0 Å². The molecule has 0 spiro atoms. The highest BCUT2D eigenvalue weighted by Crippen LogP contribution is 2.48. The van der Waals surface area contributed by atoms with E-state index in [1.807, 2.05) is 0 Å². The van der Waals surface area contributed by atoms with Crippen LogP contribution in [-0.2, 0) is 21.8 Å². The highest BCUT2D eigenvalue weighted by atomic mass is 35.5. The average molecular weight is 530 g/mol. The summed E-state index contributed by atoms with van der Waals surface area (Å²) in [7, 11) is 0. The third-order valence-electron chi connectivity index (χ3n) is 6.06. The van der Waals surface area contributed by atoms with Crippen LogP contribution in [0.15, 0.2) is 54.7 Å². The number of rotatable bonds is 8. The largest absolute Gasteiger partial charge is 0.369 e. The van der Waals surface area contributed by atoms with Crippen LogP contribution >= 0.6 is 23.2 Å². The molecule has 0 aliphatic carbocycles. The first-order chi connectivity index (χ1) is 17.0. The maximum Gasteiger partial charge on any atom is 0.257 e. The van der Waals surface area contributed by atoms with Crippen molar-refractivity contribution in [1.29, 1.82) is 0 Å². The van der Waals surface area contributed by atoms with Gasteiger partial charge in [0.2, 0.25) is 5.91 Å². The molecule has 2 amide bonds. The van der Waals surface area contributed by atoms with E-state index in [4.69, 9.17) is 33.7 Å². The second kappa shape index (κ2) is 9.97. The van der Waals surface area contributed by atoms with Gasteiger partial charge < -0.3 is 10.5 Å². The van der Waals surface area contributed by atoms with E-state index in [0.29, 0.717) is 21.3 Å². The molecule has 1 aliphatic heterocycles. The van der Waals surface area contributed by atoms with Gasteiger partial charge in [0.05, 0.1) is 40.9 Å². The van der Waals surface area contributed by atoms with Crippen molar-refractivity contribution in [3.05, 3.63) is 98.5 Å². The van der Waals surface area contributed by atoms with Gasteiger partial charge in [0.25, 0.3) is 5.91 Å². The van der Waals surface area contributed by atoms with Gasteiger partial charge in [0.1, 0.15) is 5.82 Å². The number of nitrogens with two attached hydrogens (primary N) is 1. The molecule has 2 N–H and O–H groups in total. The minimum absolute atomic E-state index is 0.0316. The van der Waals surface area contributed by atoms with Crippen LogP contribution in [0.1, 0.15) is 51.4 Å². The molecule has 7 nitrogen and oxygen atoms in total. The molecule has 186 valence electrons. The summed E-state index contributed by atoms with van der Waals surface area (Å²) in [5, 5.41) is 0.824. The quantitative estimate of drug-likeness (QED) is 0.425. The number of carbonyl (C=O) groups is 3. The SMILES string of the molecule is CC(=O)c1cc(F)c2c(c1)C(=O)N(Cc1ccc(Cl)cn1)[C@@]2(OC[C@@H](C)C(N)=O)c1ccc(Cl)cc1. The molecule has 2 atom stereocenters. The Bertz CT molecular complexity index is 1350. The van der Waals surface area contributed by atoms with Gasteiger partial charge in [-0.15, -0.1) is 0 Å². The number of benzene rings is 2. The van der Waals surface area contributed by atoms with Gasteiger partial charge in [-0.1, -0.05) is 42.3 Å². The van der Waals surface area contributed by atoms with Crippen LogP contribution in [0.3, 0.4) is 0 Å². The summed E-state index contributed by atoms with van der Waals surface area (Å²) in [4.78, 5) is 43.3. The smallest absolute Gasteiger partial charge is 0.257 e. The van der Waals surface area contributed by atoms with Crippen molar-refractivity contribution in [2.75, 3.05) is 6.61 Å². The van der Waals surface area contributed by atoms with Crippen molar-refractivity contribution in [2.24, 2.45) is 11.7 Å². The predicted molar refractivity (Wildman–Crippen MR) is 132 cm³/mol. The molecule has 36 heavy (non-hydrogen) atoms. The Balaban J connectivity index is 1.98. The molecule has 0 fully saturated rings. The first kappa shape index (κ1) is 25.8. The monoisotopic (exact) mass is 529 g/mol. The molecule has 1 aromatic heterocycles. The minimum Gasteiger partial charge on any atom is -0.369 e. The lowest BCUT2D eigenvalue weighted by atomic mass is 9.91. The third-order valence-corrected chi connectivity index (χ3v) is 6.54. The maximum atomic E-state index is 15.8. The van der Waals surface area contributed by atoms with Crippen molar-refractivity contribution in [1.82, 2.24) is 9.88 Å². The van der Waals surface area contributed by atoms with Crippen LogP contribution in [0.25, 0.3) is 0 Å². The lowest BCUT2D eigenvalue weighted by Crippen LogP contribution is -2.48. The Hall–Kier alpha value is -3.33. The Morgan fingerprint density at radius 1 is 1.14 bits per heavy atom. The fourth-order valence-electron chi connectivity index (χ4n) is 4.13. The first-order valence-electron chi connectivity index (χ1n) is 11.0. The number of amides is 2. The first-order valence-corrected chi connectivity index (χ1v) is 11.8. The van der Waals surface area contributed by atoms with E-state index >= 15 is 4.39 Å². The van der Waals surface area contributed by atoms with Gasteiger partial charge in [-0.05, 0) is 43.3 Å². The van der Waals surface area contributed by atoms with Crippen LogP contribution in [0.4, 0.5) is 4.39 Å². The number of primary amides is 1. The van der Waals surface area contributed by atoms with Gasteiger partial charge in [-0.25, -0.2) is 4.39 Å². The standard InChI is InChI=1S/C26H22Cl2FN3O4/c1-14(24(30)34)13-36-26(17-3-5-18(27)6-4-17)23-21(9-16(15(2)33)10-22(23)29)25(35)32(26)12-20-8-7-19(28)11-31-20/h3-11,14H,12-13H2,1-2H3,(H2,30,34)/t14-,26-/m1/s1. The topological polar surface area (TPSA) is 103 Å². The lowest BCUT2D eigenvalue weighted by molar-refractivity contribution is -0.138. The van der Waals surface area contributed by atoms with Crippen LogP contribution in [0, 0.1) is 11.7 Å². The highest BCUT2D eigenvalue weighted by molar-refractivity contribution is 6.30. The molecule has 0 bridgehead atoms. The maximum absolute atomic E-state index is 15.8. The summed E-state index contributed by atoms with van der Waals surface area (Å²) >= 11 is 12.1. The molecule has 4 rings (SSSR count). The van der Waals surface area contributed by atoms with Gasteiger partial charge in [-0.3, -0.25) is 24.3 Å². The number of fused-ring (bicyclic) bond motifs is 1. The van der Waals surface area contributed by atoms with E-state index < -0.39 is 35.1 Å². The van der Waals surface area contributed by atoms with Crippen LogP contribution < -0.4 is 5.73 Å². The summed E-state index contributed by atoms with van der Waals surface area (Å²) in [6.07, 6.45) is 1.43. The zero-order chi connectivity index (χ0) is 26.2. The Labute approximate surface area is 217 Å². The highest BCUT2D eigenvalue weighted by Gasteiger charge is 2.54. The van der Waals surface area contributed by atoms with Crippen molar-refractivity contribution in [2.45, 2.75) is 26.1 Å². The van der Waals surface area contributed by atoms with Gasteiger partial charge in [-0.2, -0.15) is 0 Å². The number of hydrogen-bond acceptors (Lipinski definition) is 5. The Morgan fingerprint density at radius 3 is 2.39 bits per heavy atom. The van der Waals surface area contributed by atoms with Crippen molar-refractivity contribution >= 4 is 40.8 Å². The van der Waals surface area contributed by atoms with E-state index in [1.165, 1.54) is 24.1 Å². The van der Waals surface area contributed by atoms with E-state index in [-0.39, 0.29) is 29.8 Å². The Morgan fingerprint density at radius 2 is 1.81 bits per heavy atom. The number of ketones is 1. The van der Waals surface area contributed by atoms with Crippen LogP contribution in [0.5, 0.6) is 0 Å². The predicted octanol–water partition coefficient (Wildman–Crippen LogP) is 4.73. The van der Waals surface area contributed by atoms with E-state index in [1.54, 1.807) is 43.3 Å². The summed E-state index contributed by atoms with van der Waals surface area (Å²) in [5.41, 5.74) is 4.42. The molecule has 2 heterocycles. The number of hydrogen-bond donors (Lipinski definition) is 1. The second-order valence-corrected chi connectivity index (χ2v) is 9.43. The third kappa shape index (κ3) is 4.59. The summed E-state index contributed by atoms with van der Waals surface area (Å²) in [6, 6.07) is 12.1. The van der Waals surface area contributed by atoms with Crippen LogP contribution in [-0.4, -0.2) is 34.1 Å². The lowest BCUT2D eigenvalue weighted by Gasteiger charge is -2.40. The zero-order valence-electron chi connectivity index (χ0n) is 19.4. The average Bonchev–Trinajstić information content (AvgIpc) is 3.08. The Kier molecular flexibility index (Phi) is 7.13. The number of nitrogens with zero attached hydrogens (tertiary/aromatic N) is 2. The summed E-state index contributed by atoms with van der Waals surface area (Å²) in [5.74, 6) is -3.15. The number of carbonyl (C=O) groups excluding carboxylic acids is 3. The number of ether oxygens (including phenoxy) is 1. The van der Waals surface area contributed by atoms with Crippen molar-refractivity contribution in [3.63, 3.8) is 0 Å². The molecule has 0 radical (unpaired) electrons. The molecule has 2 aromatic carbocycles. The fraction of sp³-hybridized carbons (Fsp3) is 0.231. The van der Waals surface area contributed by atoms with Crippen LogP contribution in [0.2, 0.25) is 10.0 Å². The molecule has 0 unspecified atom stereocenters. The summed E-state index contributed by atoms with van der Waals surface area (Å²) < 4.78 is 22.1. The minimum atomic E-state index is -1.80. The van der Waals surface area contributed by atoms with Crippen molar-refractivity contribution < 1.29 is 23.5 Å². The molecule has 0 saturated heterocycles. The molecular weight excluding hydrogens is 508 g/mol.